The number of nitrogens with zero attached hydrogens (tertiary/aromatic N) is 3. The Morgan fingerprint density at radius 3 is 2.65 bits per heavy atom. The summed E-state index contributed by atoms with van der Waals surface area (Å²) < 4.78 is 13.0. The summed E-state index contributed by atoms with van der Waals surface area (Å²) in [6, 6.07) is 17.9. The Morgan fingerprint density at radius 2 is 1.91 bits per heavy atom. The van der Waals surface area contributed by atoms with E-state index >= 15 is 0 Å². The lowest BCUT2D eigenvalue weighted by Gasteiger charge is -2.15. The first kappa shape index (κ1) is 24.5. The molecule has 0 radical (unpaired) electrons. The number of fused-ring (bicyclic) bond motifs is 1. The highest BCUT2D eigenvalue weighted by Crippen LogP contribution is 2.32. The van der Waals surface area contributed by atoms with Crippen molar-refractivity contribution in [2.75, 3.05) is 18.2 Å². The van der Waals surface area contributed by atoms with Gasteiger partial charge in [-0.25, -0.2) is 4.98 Å². The summed E-state index contributed by atoms with van der Waals surface area (Å²) in [7, 11) is 0. The number of halogens is 3. The third-order valence-corrected chi connectivity index (χ3v) is 6.53. The summed E-state index contributed by atoms with van der Waals surface area (Å²) in [4.78, 5) is 17.7. The summed E-state index contributed by atoms with van der Waals surface area (Å²) in [6.07, 6.45) is 1.59. The van der Waals surface area contributed by atoms with Crippen LogP contribution in [0.1, 0.15) is 12.5 Å². The van der Waals surface area contributed by atoms with Gasteiger partial charge in [0.05, 0.1) is 28.1 Å². The Balaban J connectivity index is 1.60. The molecule has 6 nitrogen and oxygen atoms in total. The van der Waals surface area contributed by atoms with Crippen molar-refractivity contribution in [2.24, 2.45) is 5.10 Å². The Bertz CT molecular complexity index is 1350. The molecular formula is C24H18BrCl2N3O3S. The van der Waals surface area contributed by atoms with Crippen LogP contribution >= 0.6 is 50.5 Å². The van der Waals surface area contributed by atoms with Crippen LogP contribution in [-0.4, -0.2) is 30.3 Å². The topological polar surface area (TPSA) is 64.0 Å². The average molecular weight is 579 g/mol. The number of thiazole rings is 1. The molecule has 174 valence electrons. The van der Waals surface area contributed by atoms with Crippen molar-refractivity contribution < 1.29 is 14.3 Å². The fourth-order valence-electron chi connectivity index (χ4n) is 2.93. The first-order valence-electron chi connectivity index (χ1n) is 10.2. The van der Waals surface area contributed by atoms with Gasteiger partial charge >= 0.3 is 0 Å². The van der Waals surface area contributed by atoms with E-state index in [9.17, 15) is 4.79 Å². The van der Waals surface area contributed by atoms with Crippen LogP contribution in [-0.2, 0) is 4.79 Å². The van der Waals surface area contributed by atoms with Gasteiger partial charge in [0.2, 0.25) is 5.13 Å². The molecule has 0 aliphatic rings. The number of hydrogen-bond donors (Lipinski definition) is 0. The lowest BCUT2D eigenvalue weighted by Crippen LogP contribution is -2.30. The minimum absolute atomic E-state index is 0.290. The summed E-state index contributed by atoms with van der Waals surface area (Å²) >= 11 is 16.9. The van der Waals surface area contributed by atoms with E-state index in [1.807, 2.05) is 49.4 Å². The molecule has 34 heavy (non-hydrogen) atoms. The summed E-state index contributed by atoms with van der Waals surface area (Å²) in [5.41, 5.74) is 1.56. The highest BCUT2D eigenvalue weighted by atomic mass is 79.9. The molecule has 1 amide bonds. The summed E-state index contributed by atoms with van der Waals surface area (Å²) in [5, 5.41) is 6.88. The van der Waals surface area contributed by atoms with Crippen molar-refractivity contribution in [3.8, 4) is 11.5 Å². The number of aromatic nitrogens is 1. The van der Waals surface area contributed by atoms with Crippen molar-refractivity contribution in [3.63, 3.8) is 0 Å². The Hall–Kier alpha value is -2.65. The van der Waals surface area contributed by atoms with Gasteiger partial charge < -0.3 is 9.47 Å². The minimum atomic E-state index is -0.411. The zero-order chi connectivity index (χ0) is 24.1. The normalized spacial score (nSPS) is 11.2. The van der Waals surface area contributed by atoms with Gasteiger partial charge in [-0.15, -0.1) is 0 Å². The molecule has 0 saturated heterocycles. The molecule has 0 saturated carbocycles. The number of amides is 1. The predicted octanol–water partition coefficient (Wildman–Crippen LogP) is 7.21. The molecule has 0 atom stereocenters. The highest BCUT2D eigenvalue weighted by molar-refractivity contribution is 9.10. The van der Waals surface area contributed by atoms with Crippen LogP contribution in [0.5, 0.6) is 11.5 Å². The fourth-order valence-corrected chi connectivity index (χ4v) is 4.89. The summed E-state index contributed by atoms with van der Waals surface area (Å²) in [6.45, 7) is 2.22. The number of benzene rings is 3. The van der Waals surface area contributed by atoms with Crippen LogP contribution in [0.15, 0.2) is 70.2 Å². The van der Waals surface area contributed by atoms with Crippen LogP contribution in [0.4, 0.5) is 5.13 Å². The van der Waals surface area contributed by atoms with Crippen molar-refractivity contribution in [1.82, 2.24) is 4.98 Å². The second-order valence-corrected chi connectivity index (χ2v) is 9.69. The van der Waals surface area contributed by atoms with E-state index < -0.39 is 5.91 Å². The number of carbonyl (C=O) groups is 1. The van der Waals surface area contributed by atoms with Gasteiger partial charge in [0.1, 0.15) is 11.5 Å². The molecule has 3 aromatic carbocycles. The highest BCUT2D eigenvalue weighted by Gasteiger charge is 2.20. The minimum Gasteiger partial charge on any atom is -0.494 e. The van der Waals surface area contributed by atoms with Crippen molar-refractivity contribution >= 4 is 77.9 Å². The zero-order valence-electron chi connectivity index (χ0n) is 17.9. The lowest BCUT2D eigenvalue weighted by molar-refractivity contribution is -0.120. The lowest BCUT2D eigenvalue weighted by atomic mass is 10.2. The molecule has 0 aliphatic heterocycles. The predicted molar refractivity (Wildman–Crippen MR) is 142 cm³/mol. The Morgan fingerprint density at radius 1 is 1.12 bits per heavy atom. The van der Waals surface area contributed by atoms with E-state index in [1.54, 1.807) is 24.4 Å². The maximum Gasteiger partial charge on any atom is 0.287 e. The molecule has 0 aliphatic carbocycles. The maximum absolute atomic E-state index is 13.2. The van der Waals surface area contributed by atoms with Crippen LogP contribution in [0.25, 0.3) is 10.2 Å². The SMILES string of the molecule is CCOc1ccc(/C=N/N(C(=O)COc2ccc(Cl)cc2Cl)c2nc3ccc(Br)cc3s2)cc1. The van der Waals surface area contributed by atoms with Gasteiger partial charge in [0, 0.05) is 9.50 Å². The van der Waals surface area contributed by atoms with Crippen molar-refractivity contribution in [2.45, 2.75) is 6.92 Å². The van der Waals surface area contributed by atoms with Crippen molar-refractivity contribution in [1.29, 1.82) is 0 Å². The Kier molecular flexibility index (Phi) is 8.05. The van der Waals surface area contributed by atoms with E-state index in [2.05, 4.69) is 26.0 Å². The van der Waals surface area contributed by atoms with Gasteiger partial charge in [-0.05, 0) is 73.2 Å². The third kappa shape index (κ3) is 6.07. The standard InChI is InChI=1S/C24H18BrCl2N3O3S/c1-2-32-18-7-3-15(4-8-18)13-28-30(24-29-20-9-5-16(25)11-22(20)34-24)23(31)14-33-21-10-6-17(26)12-19(21)27/h3-13H,2,14H2,1H3/b28-13+. The number of hydrogen-bond acceptors (Lipinski definition) is 6. The zero-order valence-corrected chi connectivity index (χ0v) is 21.8. The van der Waals surface area contributed by atoms with Crippen LogP contribution in [0.2, 0.25) is 10.0 Å². The molecule has 0 fully saturated rings. The van der Waals surface area contributed by atoms with Gasteiger partial charge in [-0.2, -0.15) is 10.1 Å². The van der Waals surface area contributed by atoms with Gasteiger partial charge in [0.15, 0.2) is 6.61 Å². The number of hydrazone groups is 1. The average Bonchev–Trinajstić information content (AvgIpc) is 3.22. The quantitative estimate of drug-likeness (QED) is 0.164. The molecule has 10 heteroatoms. The first-order chi connectivity index (χ1) is 16.4. The second kappa shape index (κ2) is 11.2. The summed E-state index contributed by atoms with van der Waals surface area (Å²) in [5.74, 6) is 0.701. The fraction of sp³-hybridized carbons (Fsp3) is 0.125. The first-order valence-corrected chi connectivity index (χ1v) is 12.5. The molecule has 4 aromatic rings. The molecule has 1 aromatic heterocycles. The number of rotatable bonds is 8. The molecule has 0 N–H and O–H groups in total. The van der Waals surface area contributed by atoms with Crippen LogP contribution in [0.3, 0.4) is 0 Å². The second-order valence-electron chi connectivity index (χ2n) is 6.92. The molecule has 1 heterocycles. The smallest absolute Gasteiger partial charge is 0.287 e. The van der Waals surface area contributed by atoms with E-state index in [0.717, 1.165) is 26.0 Å². The molecular weight excluding hydrogens is 561 g/mol. The van der Waals surface area contributed by atoms with Crippen LogP contribution in [0, 0.1) is 0 Å². The van der Waals surface area contributed by atoms with E-state index in [-0.39, 0.29) is 6.61 Å². The monoisotopic (exact) mass is 577 g/mol. The van der Waals surface area contributed by atoms with E-state index in [4.69, 9.17) is 32.7 Å². The Labute approximate surface area is 218 Å². The molecule has 4 rings (SSSR count). The third-order valence-electron chi connectivity index (χ3n) is 4.52. The molecule has 0 bridgehead atoms. The molecule has 0 unspecified atom stereocenters. The molecule has 0 spiro atoms. The largest absolute Gasteiger partial charge is 0.494 e. The van der Waals surface area contributed by atoms with Gasteiger partial charge in [-0.3, -0.25) is 4.79 Å². The van der Waals surface area contributed by atoms with Crippen LogP contribution < -0.4 is 14.5 Å². The van der Waals surface area contributed by atoms with Gasteiger partial charge in [0.25, 0.3) is 5.91 Å². The van der Waals surface area contributed by atoms with Gasteiger partial charge in [-0.1, -0.05) is 50.5 Å². The maximum atomic E-state index is 13.2. The van der Waals surface area contributed by atoms with E-state index in [1.165, 1.54) is 16.3 Å². The number of ether oxygens (including phenoxy) is 2. The van der Waals surface area contributed by atoms with Crippen molar-refractivity contribution in [3.05, 3.63) is 80.7 Å². The number of carbonyl (C=O) groups excluding carboxylic acids is 1. The van der Waals surface area contributed by atoms with E-state index in [0.29, 0.717) is 27.5 Å². The number of anilines is 1.